The Bertz CT molecular complexity index is 547. The molecule has 3 nitrogen and oxygen atoms in total. The fourth-order valence-electron chi connectivity index (χ4n) is 1.54. The van der Waals surface area contributed by atoms with Gasteiger partial charge in [0.25, 0.3) is 0 Å². The molecule has 0 unspecified atom stereocenters. The molecule has 5 heteroatoms. The van der Waals surface area contributed by atoms with Crippen LogP contribution in [0.15, 0.2) is 18.2 Å². The molecule has 1 aromatic carbocycles. The van der Waals surface area contributed by atoms with Crippen LogP contribution in [-0.4, -0.2) is 14.8 Å². The normalized spacial score (nSPS) is 11.2. The molecule has 90 valence electrons. The third-order valence-electron chi connectivity index (χ3n) is 2.44. The lowest BCUT2D eigenvalue weighted by Gasteiger charge is -2.05. The van der Waals surface area contributed by atoms with E-state index >= 15 is 0 Å². The summed E-state index contributed by atoms with van der Waals surface area (Å²) in [4.78, 5) is 4.41. The van der Waals surface area contributed by atoms with Crippen LogP contribution in [0.2, 0.25) is 10.0 Å². The minimum Gasteiger partial charge on any atom is -0.216 e. The first-order chi connectivity index (χ1) is 7.99. The highest BCUT2D eigenvalue weighted by molar-refractivity contribution is 6.35. The molecule has 0 aliphatic heterocycles. The van der Waals surface area contributed by atoms with E-state index in [1.54, 1.807) is 16.8 Å². The second-order valence-electron chi connectivity index (χ2n) is 4.18. The predicted molar refractivity (Wildman–Crippen MR) is 70.2 cm³/mol. The molecule has 0 spiro atoms. The highest BCUT2D eigenvalue weighted by Crippen LogP contribution is 2.25. The lowest BCUT2D eigenvalue weighted by molar-refractivity contribution is 0.751. The van der Waals surface area contributed by atoms with Gasteiger partial charge in [-0.05, 0) is 25.1 Å². The summed E-state index contributed by atoms with van der Waals surface area (Å²) in [6, 6.07) is 5.34. The van der Waals surface area contributed by atoms with Gasteiger partial charge >= 0.3 is 0 Å². The maximum absolute atomic E-state index is 6.15. The minimum absolute atomic E-state index is 0.293. The van der Waals surface area contributed by atoms with Crippen LogP contribution in [0.1, 0.15) is 31.4 Å². The zero-order chi connectivity index (χ0) is 12.6. The van der Waals surface area contributed by atoms with Crippen LogP contribution >= 0.6 is 23.2 Å². The van der Waals surface area contributed by atoms with Gasteiger partial charge in [-0.25, -0.2) is 9.67 Å². The summed E-state index contributed by atoms with van der Waals surface area (Å²) in [6.07, 6.45) is 0. The van der Waals surface area contributed by atoms with Crippen LogP contribution in [-0.2, 0) is 0 Å². The molecule has 0 aliphatic carbocycles. The van der Waals surface area contributed by atoms with Gasteiger partial charge in [0.15, 0.2) is 5.82 Å². The number of halogens is 2. The molecule has 0 saturated carbocycles. The first-order valence-electron chi connectivity index (χ1n) is 5.38. The maximum atomic E-state index is 6.15. The highest BCUT2D eigenvalue weighted by Gasteiger charge is 2.12. The van der Waals surface area contributed by atoms with E-state index < -0.39 is 0 Å². The number of hydrogen-bond donors (Lipinski definition) is 0. The van der Waals surface area contributed by atoms with Crippen molar-refractivity contribution in [2.24, 2.45) is 0 Å². The highest BCUT2D eigenvalue weighted by atomic mass is 35.5. The van der Waals surface area contributed by atoms with Crippen molar-refractivity contribution in [2.45, 2.75) is 26.7 Å². The van der Waals surface area contributed by atoms with Crippen molar-refractivity contribution in [1.29, 1.82) is 0 Å². The molecule has 0 saturated heterocycles. The van der Waals surface area contributed by atoms with E-state index in [9.17, 15) is 0 Å². The van der Waals surface area contributed by atoms with E-state index in [1.807, 2.05) is 13.0 Å². The molecular formula is C12H13Cl2N3. The van der Waals surface area contributed by atoms with Gasteiger partial charge in [-0.2, -0.15) is 5.10 Å². The Kier molecular flexibility index (Phi) is 3.40. The van der Waals surface area contributed by atoms with Crippen LogP contribution in [0, 0.1) is 6.92 Å². The maximum Gasteiger partial charge on any atom is 0.153 e. The van der Waals surface area contributed by atoms with Gasteiger partial charge in [0.2, 0.25) is 0 Å². The first-order valence-corrected chi connectivity index (χ1v) is 6.13. The van der Waals surface area contributed by atoms with Crippen molar-refractivity contribution in [2.75, 3.05) is 0 Å². The van der Waals surface area contributed by atoms with Crippen molar-refractivity contribution in [3.8, 4) is 5.69 Å². The molecule has 0 aliphatic rings. The second kappa shape index (κ2) is 4.67. The smallest absolute Gasteiger partial charge is 0.153 e. The van der Waals surface area contributed by atoms with Gasteiger partial charge in [0, 0.05) is 10.9 Å². The number of benzene rings is 1. The molecule has 0 radical (unpaired) electrons. The van der Waals surface area contributed by atoms with Gasteiger partial charge in [-0.3, -0.25) is 0 Å². The van der Waals surface area contributed by atoms with Crippen LogP contribution in [0.5, 0.6) is 0 Å². The Morgan fingerprint density at radius 3 is 2.47 bits per heavy atom. The van der Waals surface area contributed by atoms with E-state index in [1.165, 1.54) is 0 Å². The van der Waals surface area contributed by atoms with Gasteiger partial charge in [-0.15, -0.1) is 0 Å². The zero-order valence-corrected chi connectivity index (χ0v) is 11.4. The van der Waals surface area contributed by atoms with Crippen LogP contribution in [0.25, 0.3) is 5.69 Å². The van der Waals surface area contributed by atoms with E-state index in [-0.39, 0.29) is 0 Å². The Hall–Kier alpha value is -1.06. The van der Waals surface area contributed by atoms with Crippen LogP contribution in [0.3, 0.4) is 0 Å². The molecular weight excluding hydrogens is 257 g/mol. The molecule has 0 N–H and O–H groups in total. The molecule has 2 aromatic rings. The largest absolute Gasteiger partial charge is 0.216 e. The van der Waals surface area contributed by atoms with Gasteiger partial charge in [-0.1, -0.05) is 37.0 Å². The summed E-state index contributed by atoms with van der Waals surface area (Å²) >= 11 is 12.0. The number of rotatable bonds is 2. The van der Waals surface area contributed by atoms with Gasteiger partial charge in [0.05, 0.1) is 10.7 Å². The standard InChI is InChI=1S/C12H13Cl2N3/c1-7(2)12-15-8(3)17(16-12)11-5-4-9(13)6-10(11)14/h4-7H,1-3H3. The Morgan fingerprint density at radius 2 is 1.94 bits per heavy atom. The average Bonchev–Trinajstić information content (AvgIpc) is 2.61. The van der Waals surface area contributed by atoms with Crippen LogP contribution in [0.4, 0.5) is 0 Å². The van der Waals surface area contributed by atoms with E-state index in [4.69, 9.17) is 23.2 Å². The van der Waals surface area contributed by atoms with E-state index in [2.05, 4.69) is 23.9 Å². The molecule has 0 bridgehead atoms. The summed E-state index contributed by atoms with van der Waals surface area (Å²) in [5.74, 6) is 1.92. The third-order valence-corrected chi connectivity index (χ3v) is 2.98. The summed E-state index contributed by atoms with van der Waals surface area (Å²) in [5.41, 5.74) is 0.799. The minimum atomic E-state index is 0.293. The summed E-state index contributed by atoms with van der Waals surface area (Å²) in [7, 11) is 0. The second-order valence-corrected chi connectivity index (χ2v) is 5.02. The van der Waals surface area contributed by atoms with Crippen molar-refractivity contribution in [3.63, 3.8) is 0 Å². The quantitative estimate of drug-likeness (QED) is 0.825. The fraction of sp³-hybridized carbons (Fsp3) is 0.333. The van der Waals surface area contributed by atoms with Crippen molar-refractivity contribution in [1.82, 2.24) is 14.8 Å². The van der Waals surface area contributed by atoms with Crippen molar-refractivity contribution >= 4 is 23.2 Å². The molecule has 17 heavy (non-hydrogen) atoms. The summed E-state index contributed by atoms with van der Waals surface area (Å²) in [5, 5.41) is 5.63. The predicted octanol–water partition coefficient (Wildman–Crippen LogP) is 4.01. The Morgan fingerprint density at radius 1 is 1.24 bits per heavy atom. The lowest BCUT2D eigenvalue weighted by Crippen LogP contribution is -2.00. The molecule has 1 heterocycles. The molecule has 0 amide bonds. The summed E-state index contributed by atoms with van der Waals surface area (Å²) < 4.78 is 1.74. The SMILES string of the molecule is Cc1nc(C(C)C)nn1-c1ccc(Cl)cc1Cl. The average molecular weight is 270 g/mol. The van der Waals surface area contributed by atoms with Crippen molar-refractivity contribution < 1.29 is 0 Å². The number of aromatic nitrogens is 3. The Labute approximate surface area is 110 Å². The summed E-state index contributed by atoms with van der Waals surface area (Å²) in [6.45, 7) is 6.02. The molecule has 0 atom stereocenters. The lowest BCUT2D eigenvalue weighted by atomic mass is 10.2. The molecule has 2 rings (SSSR count). The Balaban J connectivity index is 2.52. The van der Waals surface area contributed by atoms with Gasteiger partial charge < -0.3 is 0 Å². The number of nitrogens with zero attached hydrogens (tertiary/aromatic N) is 3. The number of aryl methyl sites for hydroxylation is 1. The molecule has 0 fully saturated rings. The zero-order valence-electron chi connectivity index (χ0n) is 9.91. The van der Waals surface area contributed by atoms with E-state index in [0.29, 0.717) is 16.0 Å². The molecule has 1 aromatic heterocycles. The fourth-order valence-corrected chi connectivity index (χ4v) is 2.02. The topological polar surface area (TPSA) is 30.7 Å². The van der Waals surface area contributed by atoms with Gasteiger partial charge in [0.1, 0.15) is 5.82 Å². The first kappa shape index (κ1) is 12.4. The third kappa shape index (κ3) is 2.45. The monoisotopic (exact) mass is 269 g/mol. The van der Waals surface area contributed by atoms with E-state index in [0.717, 1.165) is 17.3 Å². The number of hydrogen-bond acceptors (Lipinski definition) is 2. The van der Waals surface area contributed by atoms with Crippen LogP contribution < -0.4 is 0 Å². The van der Waals surface area contributed by atoms with Crippen molar-refractivity contribution in [3.05, 3.63) is 39.9 Å².